The first kappa shape index (κ1) is 11.6. The summed E-state index contributed by atoms with van der Waals surface area (Å²) in [5, 5.41) is 17.7. The minimum Gasteiger partial charge on any atom is -0.393 e. The third kappa shape index (κ3) is 9.62. The molecular weight excluding hydrogens is 156 g/mol. The van der Waals surface area contributed by atoms with Crippen LogP contribution in [0.5, 0.6) is 0 Å². The van der Waals surface area contributed by atoms with E-state index in [2.05, 4.69) is 0 Å². The van der Waals surface area contributed by atoms with Crippen molar-refractivity contribution in [2.75, 3.05) is 13.2 Å². The monoisotopic (exact) mass is 174 g/mol. The Balaban J connectivity index is 3.13. The lowest BCUT2D eigenvalue weighted by molar-refractivity contribution is 0.0597. The summed E-state index contributed by atoms with van der Waals surface area (Å²) in [7, 11) is 0. The van der Waals surface area contributed by atoms with Crippen LogP contribution in [0.2, 0.25) is 0 Å². The maximum atomic E-state index is 8.87. The van der Waals surface area contributed by atoms with Crippen LogP contribution in [-0.2, 0) is 4.74 Å². The van der Waals surface area contributed by atoms with Gasteiger partial charge in [-0.25, -0.2) is 0 Å². The van der Waals surface area contributed by atoms with Gasteiger partial charge in [-0.05, 0) is 20.3 Å². The lowest BCUT2D eigenvalue weighted by Gasteiger charge is -2.02. The number of aliphatic hydroxyl groups excluding tert-OH is 2. The summed E-state index contributed by atoms with van der Waals surface area (Å²) in [4.78, 5) is 0. The van der Waals surface area contributed by atoms with Crippen LogP contribution in [0.3, 0.4) is 0 Å². The van der Waals surface area contributed by atoms with E-state index in [1.54, 1.807) is 13.8 Å². The van der Waals surface area contributed by atoms with E-state index in [1.807, 2.05) is 12.2 Å². The third-order valence-electron chi connectivity index (χ3n) is 1.22. The number of hydrogen-bond acceptors (Lipinski definition) is 3. The average molecular weight is 174 g/mol. The molecule has 2 atom stereocenters. The van der Waals surface area contributed by atoms with Gasteiger partial charge >= 0.3 is 0 Å². The first-order chi connectivity index (χ1) is 5.63. The Bertz CT molecular complexity index is 119. The van der Waals surface area contributed by atoms with E-state index >= 15 is 0 Å². The van der Waals surface area contributed by atoms with Gasteiger partial charge in [-0.15, -0.1) is 0 Å². The van der Waals surface area contributed by atoms with Crippen molar-refractivity contribution in [3.05, 3.63) is 12.2 Å². The van der Waals surface area contributed by atoms with Gasteiger partial charge < -0.3 is 14.9 Å². The van der Waals surface area contributed by atoms with Gasteiger partial charge in [0.05, 0.1) is 25.4 Å². The molecular formula is C9H18O3. The summed E-state index contributed by atoms with van der Waals surface area (Å²) in [5.41, 5.74) is 0. The van der Waals surface area contributed by atoms with Crippen LogP contribution in [0, 0.1) is 0 Å². The van der Waals surface area contributed by atoms with E-state index < -0.39 is 6.10 Å². The predicted octanol–water partition coefficient (Wildman–Crippen LogP) is 0.711. The minimum absolute atomic E-state index is 0.294. The molecule has 0 bridgehead atoms. The van der Waals surface area contributed by atoms with Gasteiger partial charge in [-0.1, -0.05) is 12.2 Å². The van der Waals surface area contributed by atoms with E-state index in [9.17, 15) is 0 Å². The lowest BCUT2D eigenvalue weighted by Crippen LogP contribution is -2.10. The summed E-state index contributed by atoms with van der Waals surface area (Å²) in [6, 6.07) is 0. The van der Waals surface area contributed by atoms with Crippen LogP contribution >= 0.6 is 0 Å². The van der Waals surface area contributed by atoms with Gasteiger partial charge in [0.1, 0.15) is 0 Å². The molecule has 0 aromatic carbocycles. The van der Waals surface area contributed by atoms with Crippen molar-refractivity contribution < 1.29 is 14.9 Å². The molecule has 0 aliphatic rings. The van der Waals surface area contributed by atoms with Crippen molar-refractivity contribution in [2.24, 2.45) is 0 Å². The summed E-state index contributed by atoms with van der Waals surface area (Å²) < 4.78 is 5.06. The highest BCUT2D eigenvalue weighted by Crippen LogP contribution is 1.91. The fourth-order valence-electron chi connectivity index (χ4n) is 0.668. The summed E-state index contributed by atoms with van der Waals surface area (Å²) in [6.45, 7) is 4.27. The molecule has 0 aromatic rings. The van der Waals surface area contributed by atoms with Crippen molar-refractivity contribution >= 4 is 0 Å². The molecule has 0 spiro atoms. The van der Waals surface area contributed by atoms with Gasteiger partial charge in [-0.3, -0.25) is 0 Å². The molecule has 0 amide bonds. The molecule has 0 aromatic heterocycles. The smallest absolute Gasteiger partial charge is 0.0745 e. The van der Waals surface area contributed by atoms with Gasteiger partial charge in [0.2, 0.25) is 0 Å². The molecule has 0 fully saturated rings. The molecule has 0 saturated heterocycles. The molecule has 0 radical (unpaired) electrons. The number of rotatable bonds is 6. The van der Waals surface area contributed by atoms with E-state index in [-0.39, 0.29) is 6.10 Å². The van der Waals surface area contributed by atoms with Crippen molar-refractivity contribution in [3.8, 4) is 0 Å². The van der Waals surface area contributed by atoms with Crippen LogP contribution < -0.4 is 0 Å². The second kappa shape index (κ2) is 7.28. The van der Waals surface area contributed by atoms with Crippen molar-refractivity contribution in [1.29, 1.82) is 0 Å². The van der Waals surface area contributed by atoms with Gasteiger partial charge in [0.15, 0.2) is 0 Å². The summed E-state index contributed by atoms with van der Waals surface area (Å²) >= 11 is 0. The zero-order valence-electron chi connectivity index (χ0n) is 7.73. The molecule has 3 nitrogen and oxygen atoms in total. The third-order valence-corrected chi connectivity index (χ3v) is 1.22. The Morgan fingerprint density at radius 1 is 1.17 bits per heavy atom. The highest BCUT2D eigenvalue weighted by atomic mass is 16.5. The molecule has 72 valence electrons. The molecule has 0 aliphatic carbocycles. The van der Waals surface area contributed by atoms with Gasteiger partial charge in [0, 0.05) is 0 Å². The SMILES string of the molecule is CC(O)CC=CCOCC(C)O. The Morgan fingerprint density at radius 3 is 2.33 bits per heavy atom. The van der Waals surface area contributed by atoms with Crippen molar-refractivity contribution in [1.82, 2.24) is 0 Å². The van der Waals surface area contributed by atoms with E-state index in [0.29, 0.717) is 19.6 Å². The first-order valence-electron chi connectivity index (χ1n) is 4.21. The van der Waals surface area contributed by atoms with E-state index in [4.69, 9.17) is 14.9 Å². The largest absolute Gasteiger partial charge is 0.393 e. The first-order valence-corrected chi connectivity index (χ1v) is 4.21. The highest BCUT2D eigenvalue weighted by molar-refractivity contribution is 4.82. The number of ether oxygens (including phenoxy) is 1. The van der Waals surface area contributed by atoms with Crippen LogP contribution in [0.15, 0.2) is 12.2 Å². The Morgan fingerprint density at radius 2 is 1.83 bits per heavy atom. The number of hydrogen-bond donors (Lipinski definition) is 2. The molecule has 2 N–H and O–H groups in total. The van der Waals surface area contributed by atoms with Gasteiger partial charge in [0.25, 0.3) is 0 Å². The Hall–Kier alpha value is -0.380. The molecule has 0 aliphatic heterocycles. The fourth-order valence-corrected chi connectivity index (χ4v) is 0.668. The zero-order valence-corrected chi connectivity index (χ0v) is 7.73. The van der Waals surface area contributed by atoms with Crippen LogP contribution in [0.1, 0.15) is 20.3 Å². The van der Waals surface area contributed by atoms with Crippen LogP contribution in [-0.4, -0.2) is 35.6 Å². The minimum atomic E-state index is -0.407. The lowest BCUT2D eigenvalue weighted by atomic mass is 10.3. The topological polar surface area (TPSA) is 49.7 Å². The Kier molecular flexibility index (Phi) is 7.05. The van der Waals surface area contributed by atoms with Crippen molar-refractivity contribution in [3.63, 3.8) is 0 Å². The molecule has 0 rings (SSSR count). The van der Waals surface area contributed by atoms with Crippen LogP contribution in [0.25, 0.3) is 0 Å². The molecule has 0 saturated carbocycles. The second-order valence-electron chi connectivity index (χ2n) is 2.94. The normalized spacial score (nSPS) is 16.7. The van der Waals surface area contributed by atoms with Gasteiger partial charge in [-0.2, -0.15) is 0 Å². The van der Waals surface area contributed by atoms with Crippen molar-refractivity contribution in [2.45, 2.75) is 32.5 Å². The molecule has 3 heteroatoms. The predicted molar refractivity (Wildman–Crippen MR) is 47.9 cm³/mol. The summed E-state index contributed by atoms with van der Waals surface area (Å²) in [6.07, 6.45) is 3.66. The Labute approximate surface area is 73.7 Å². The van der Waals surface area contributed by atoms with E-state index in [0.717, 1.165) is 0 Å². The maximum Gasteiger partial charge on any atom is 0.0745 e. The fraction of sp³-hybridized carbons (Fsp3) is 0.778. The summed E-state index contributed by atoms with van der Waals surface area (Å²) in [5.74, 6) is 0. The van der Waals surface area contributed by atoms with E-state index in [1.165, 1.54) is 0 Å². The van der Waals surface area contributed by atoms with Crippen LogP contribution in [0.4, 0.5) is 0 Å². The zero-order chi connectivity index (χ0) is 9.40. The highest BCUT2D eigenvalue weighted by Gasteiger charge is 1.92. The molecule has 0 heterocycles. The average Bonchev–Trinajstić information content (AvgIpc) is 1.95. The quantitative estimate of drug-likeness (QED) is 0.460. The number of aliphatic hydroxyl groups is 2. The maximum absolute atomic E-state index is 8.87. The standard InChI is InChI=1S/C9H18O3/c1-8(10)5-3-4-6-12-7-9(2)11/h3-4,8-11H,5-7H2,1-2H3. The molecule has 2 unspecified atom stereocenters. The second-order valence-corrected chi connectivity index (χ2v) is 2.94. The molecule has 12 heavy (non-hydrogen) atoms.